The summed E-state index contributed by atoms with van der Waals surface area (Å²) in [5.74, 6) is -0.721. The normalized spacial score (nSPS) is 22.4. The van der Waals surface area contributed by atoms with Gasteiger partial charge in [0.15, 0.2) is 6.29 Å². The first-order valence-electron chi connectivity index (χ1n) is 22.9. The number of ether oxygens (including phenoxy) is 2. The Morgan fingerprint density at radius 1 is 0.596 bits per heavy atom. The zero-order valence-corrected chi connectivity index (χ0v) is 35.8. The molecule has 1 rings (SSSR count). The van der Waals surface area contributed by atoms with E-state index in [0.29, 0.717) is 19.3 Å². The quantitative estimate of drug-likeness (QED) is 0.0235. The molecular formula is C46H85NO10. The first-order valence-corrected chi connectivity index (χ1v) is 22.9. The van der Waals surface area contributed by atoms with Gasteiger partial charge in [-0.2, -0.15) is 0 Å². The van der Waals surface area contributed by atoms with Gasteiger partial charge in [-0.15, -0.1) is 0 Å². The number of aliphatic hydroxyl groups excluding tert-OH is 7. The zero-order valence-electron chi connectivity index (χ0n) is 35.8. The van der Waals surface area contributed by atoms with Crippen LogP contribution in [0.25, 0.3) is 0 Å². The highest BCUT2D eigenvalue weighted by molar-refractivity contribution is 5.80. The molecule has 0 aliphatic carbocycles. The second-order valence-electron chi connectivity index (χ2n) is 16.1. The lowest BCUT2D eigenvalue weighted by atomic mass is 9.98. The molecule has 9 unspecified atom stereocenters. The number of unbranched alkanes of at least 4 members (excludes halogenated alkanes) is 19. The maximum Gasteiger partial charge on any atom is 0.249 e. The van der Waals surface area contributed by atoms with Gasteiger partial charge in [-0.3, -0.25) is 4.79 Å². The molecule has 1 saturated heterocycles. The van der Waals surface area contributed by atoms with Crippen molar-refractivity contribution in [2.24, 2.45) is 0 Å². The standard InChI is InChI=1S/C46H85NO10/c1-3-5-7-9-11-13-15-17-19-21-23-25-27-29-31-33-38(49)41(51)37(36-56-46-44(54)43(53)42(52)40(35-48)57-46)47-45(55)39(50)34-32-30-28-26-24-22-20-18-16-14-12-10-8-6-4-2/h17,19-20,22,25,27,37-44,46,48-54H,3-16,18,21,23-24,26,28-36H2,1-2H3,(H,47,55)/b19-17+,22-20-,27-25+. The third-order valence-corrected chi connectivity index (χ3v) is 10.9. The Hall–Kier alpha value is -1.67. The van der Waals surface area contributed by atoms with E-state index in [1.54, 1.807) is 0 Å². The Bertz CT molecular complexity index is 1020. The highest BCUT2D eigenvalue weighted by atomic mass is 16.7. The average molecular weight is 812 g/mol. The monoisotopic (exact) mass is 812 g/mol. The van der Waals surface area contributed by atoms with Crippen molar-refractivity contribution in [2.45, 2.75) is 236 Å². The van der Waals surface area contributed by atoms with Crippen LogP contribution < -0.4 is 5.32 Å². The van der Waals surface area contributed by atoms with E-state index in [9.17, 15) is 40.5 Å². The van der Waals surface area contributed by atoms with Crippen LogP contribution in [0.5, 0.6) is 0 Å². The number of hydrogen-bond donors (Lipinski definition) is 8. The molecule has 1 aliphatic heterocycles. The molecule has 1 heterocycles. The van der Waals surface area contributed by atoms with E-state index in [1.807, 2.05) is 0 Å². The van der Waals surface area contributed by atoms with Gasteiger partial charge in [0.05, 0.1) is 25.4 Å². The molecule has 9 atom stereocenters. The Morgan fingerprint density at radius 2 is 1.05 bits per heavy atom. The fourth-order valence-corrected chi connectivity index (χ4v) is 7.04. The second-order valence-corrected chi connectivity index (χ2v) is 16.1. The van der Waals surface area contributed by atoms with Gasteiger partial charge < -0.3 is 50.5 Å². The lowest BCUT2D eigenvalue weighted by molar-refractivity contribution is -0.303. The van der Waals surface area contributed by atoms with Gasteiger partial charge in [-0.25, -0.2) is 0 Å². The summed E-state index contributed by atoms with van der Waals surface area (Å²) >= 11 is 0. The number of aliphatic hydroxyl groups is 7. The molecule has 11 nitrogen and oxygen atoms in total. The first-order chi connectivity index (χ1) is 27.7. The van der Waals surface area contributed by atoms with E-state index < -0.39 is 74.2 Å². The molecule has 0 radical (unpaired) electrons. The van der Waals surface area contributed by atoms with Crippen LogP contribution >= 0.6 is 0 Å². The Morgan fingerprint density at radius 3 is 1.56 bits per heavy atom. The van der Waals surface area contributed by atoms with Crippen molar-refractivity contribution in [1.82, 2.24) is 5.32 Å². The number of nitrogens with one attached hydrogen (secondary N) is 1. The van der Waals surface area contributed by atoms with E-state index in [0.717, 1.165) is 51.4 Å². The lowest BCUT2D eigenvalue weighted by Crippen LogP contribution is -2.60. The minimum Gasteiger partial charge on any atom is -0.394 e. The summed E-state index contributed by atoms with van der Waals surface area (Å²) in [5, 5.41) is 75.5. The van der Waals surface area contributed by atoms with Gasteiger partial charge in [0.2, 0.25) is 5.91 Å². The molecule has 11 heteroatoms. The molecule has 1 amide bonds. The van der Waals surface area contributed by atoms with Crippen molar-refractivity contribution < 1.29 is 50.0 Å². The molecule has 1 fully saturated rings. The van der Waals surface area contributed by atoms with Crippen molar-refractivity contribution >= 4 is 5.91 Å². The van der Waals surface area contributed by atoms with Crippen molar-refractivity contribution in [3.05, 3.63) is 36.5 Å². The number of allylic oxidation sites excluding steroid dienone is 6. The highest BCUT2D eigenvalue weighted by Gasteiger charge is 2.44. The predicted molar refractivity (Wildman–Crippen MR) is 228 cm³/mol. The van der Waals surface area contributed by atoms with Crippen LogP contribution in [-0.2, 0) is 14.3 Å². The maximum atomic E-state index is 13.1. The summed E-state index contributed by atoms with van der Waals surface area (Å²) in [6, 6.07) is -1.19. The number of carbonyl (C=O) groups excluding carboxylic acids is 1. The van der Waals surface area contributed by atoms with Crippen molar-refractivity contribution in [2.75, 3.05) is 13.2 Å². The summed E-state index contributed by atoms with van der Waals surface area (Å²) in [4.78, 5) is 13.1. The molecule has 8 N–H and O–H groups in total. The van der Waals surface area contributed by atoms with Gasteiger partial charge in [-0.1, -0.05) is 140 Å². The highest BCUT2D eigenvalue weighted by Crippen LogP contribution is 2.23. The van der Waals surface area contributed by atoms with Gasteiger partial charge in [0.1, 0.15) is 36.6 Å². The second kappa shape index (κ2) is 36.2. The largest absolute Gasteiger partial charge is 0.394 e. The van der Waals surface area contributed by atoms with Crippen LogP contribution in [0.15, 0.2) is 36.5 Å². The third-order valence-electron chi connectivity index (χ3n) is 10.9. The summed E-state index contributed by atoms with van der Waals surface area (Å²) in [5.41, 5.74) is 0. The SMILES string of the molecule is CCCCCCCC/C=C/CC/C=C/CCCC(O)C(O)C(COC1OC(CO)C(O)C(O)C1O)NC(=O)C(O)CCCCCC/C=C\CCCCCCCCC. The molecule has 0 aromatic carbocycles. The summed E-state index contributed by atoms with van der Waals surface area (Å²) < 4.78 is 11.1. The Kier molecular flexibility index (Phi) is 33.9. The van der Waals surface area contributed by atoms with Crippen molar-refractivity contribution in [3.63, 3.8) is 0 Å². The summed E-state index contributed by atoms with van der Waals surface area (Å²) in [7, 11) is 0. The summed E-state index contributed by atoms with van der Waals surface area (Å²) in [6.45, 7) is 3.38. The number of hydrogen-bond acceptors (Lipinski definition) is 10. The zero-order chi connectivity index (χ0) is 41.9. The topological polar surface area (TPSA) is 189 Å². The van der Waals surface area contributed by atoms with Crippen LogP contribution in [0.1, 0.15) is 181 Å². The van der Waals surface area contributed by atoms with Gasteiger partial charge in [0, 0.05) is 0 Å². The molecule has 0 aromatic heterocycles. The predicted octanol–water partition coefficient (Wildman–Crippen LogP) is 7.22. The molecule has 0 aromatic rings. The summed E-state index contributed by atoms with van der Waals surface area (Å²) in [6.07, 6.45) is 29.1. The van der Waals surface area contributed by atoms with Crippen LogP contribution in [0, 0.1) is 0 Å². The van der Waals surface area contributed by atoms with E-state index in [4.69, 9.17) is 9.47 Å². The number of carbonyl (C=O) groups is 1. The maximum absolute atomic E-state index is 13.1. The Labute approximate surface area is 346 Å². The van der Waals surface area contributed by atoms with Gasteiger partial charge in [0.25, 0.3) is 0 Å². The lowest BCUT2D eigenvalue weighted by Gasteiger charge is -2.40. The van der Waals surface area contributed by atoms with Gasteiger partial charge in [-0.05, 0) is 77.0 Å². The molecule has 1 aliphatic rings. The van der Waals surface area contributed by atoms with Crippen LogP contribution in [0.2, 0.25) is 0 Å². The Balaban J connectivity index is 2.52. The van der Waals surface area contributed by atoms with Crippen LogP contribution in [0.3, 0.4) is 0 Å². The molecule has 0 saturated carbocycles. The number of rotatable bonds is 37. The minimum atomic E-state index is -1.67. The molecule has 0 bridgehead atoms. The molecular weight excluding hydrogens is 727 g/mol. The first kappa shape index (κ1) is 53.3. The van der Waals surface area contributed by atoms with Crippen molar-refractivity contribution in [3.8, 4) is 0 Å². The fraction of sp³-hybridized carbons (Fsp3) is 0.848. The molecule has 334 valence electrons. The van der Waals surface area contributed by atoms with Gasteiger partial charge >= 0.3 is 0 Å². The van der Waals surface area contributed by atoms with Crippen LogP contribution in [0.4, 0.5) is 0 Å². The molecule has 0 spiro atoms. The van der Waals surface area contributed by atoms with E-state index in [1.165, 1.54) is 83.5 Å². The van der Waals surface area contributed by atoms with E-state index in [-0.39, 0.29) is 12.8 Å². The minimum absolute atomic E-state index is 0.236. The fourth-order valence-electron chi connectivity index (χ4n) is 7.04. The number of amides is 1. The average Bonchev–Trinajstić information content (AvgIpc) is 3.21. The van der Waals surface area contributed by atoms with E-state index in [2.05, 4.69) is 55.6 Å². The van der Waals surface area contributed by atoms with Crippen molar-refractivity contribution in [1.29, 1.82) is 0 Å². The smallest absolute Gasteiger partial charge is 0.249 e. The van der Waals surface area contributed by atoms with Crippen LogP contribution in [-0.4, -0.2) is 110 Å². The van der Waals surface area contributed by atoms with E-state index >= 15 is 0 Å². The third kappa shape index (κ3) is 26.2. The molecule has 57 heavy (non-hydrogen) atoms.